The van der Waals surface area contributed by atoms with Crippen LogP contribution in [0.3, 0.4) is 0 Å². The van der Waals surface area contributed by atoms with Crippen LogP contribution >= 0.6 is 0 Å². The lowest BCUT2D eigenvalue weighted by atomic mass is 9.76. The monoisotopic (exact) mass is 575 g/mol. The van der Waals surface area contributed by atoms with Gasteiger partial charge in [0.05, 0.1) is 23.8 Å². The summed E-state index contributed by atoms with van der Waals surface area (Å²) < 4.78 is 113. The summed E-state index contributed by atoms with van der Waals surface area (Å²) in [6, 6.07) is 6.27. The van der Waals surface area contributed by atoms with E-state index in [1.54, 1.807) is 13.0 Å². The van der Waals surface area contributed by atoms with Crippen molar-refractivity contribution in [2.24, 2.45) is 11.8 Å². The van der Waals surface area contributed by atoms with E-state index >= 15 is 0 Å². The summed E-state index contributed by atoms with van der Waals surface area (Å²) in [5.41, 5.74) is -1.57. The zero-order valence-corrected chi connectivity index (χ0v) is 22.2. The molecule has 0 radical (unpaired) electrons. The predicted octanol–water partition coefficient (Wildman–Crippen LogP) is 7.12. The number of benzene rings is 2. The van der Waals surface area contributed by atoms with E-state index in [2.05, 4.69) is 4.90 Å². The molecule has 0 bridgehead atoms. The fourth-order valence-electron chi connectivity index (χ4n) is 6.39. The van der Waals surface area contributed by atoms with Crippen LogP contribution < -0.4 is 0 Å². The van der Waals surface area contributed by atoms with Crippen molar-refractivity contribution in [2.45, 2.75) is 63.4 Å². The molecule has 3 saturated heterocycles. The van der Waals surface area contributed by atoms with Crippen LogP contribution in [-0.4, -0.2) is 50.1 Å². The van der Waals surface area contributed by atoms with Crippen LogP contribution in [0, 0.1) is 24.6 Å². The second kappa shape index (κ2) is 11.2. The van der Waals surface area contributed by atoms with Crippen molar-refractivity contribution in [3.8, 4) is 0 Å². The van der Waals surface area contributed by atoms with Crippen LogP contribution in [0.4, 0.5) is 30.7 Å². The van der Waals surface area contributed by atoms with Crippen LogP contribution in [0.5, 0.6) is 0 Å². The molecular weight excluding hydrogens is 543 g/mol. The van der Waals surface area contributed by atoms with Crippen LogP contribution in [0.25, 0.3) is 0 Å². The summed E-state index contributed by atoms with van der Waals surface area (Å²) in [4.78, 5) is 2.42. The van der Waals surface area contributed by atoms with Gasteiger partial charge in [0.2, 0.25) is 0 Å². The fraction of sp³-hybridized carbons (Fsp3) is 0.586. The zero-order chi connectivity index (χ0) is 28.8. The van der Waals surface area contributed by atoms with Crippen molar-refractivity contribution in [1.29, 1.82) is 0 Å². The van der Waals surface area contributed by atoms with Gasteiger partial charge in [0, 0.05) is 38.3 Å². The fourth-order valence-corrected chi connectivity index (χ4v) is 6.39. The summed E-state index contributed by atoms with van der Waals surface area (Å²) >= 11 is 0. The lowest BCUT2D eigenvalue weighted by Gasteiger charge is -2.41. The minimum absolute atomic E-state index is 0.0465. The first-order chi connectivity index (χ1) is 18.8. The van der Waals surface area contributed by atoms with Gasteiger partial charge in [-0.25, -0.2) is 4.39 Å². The third-order valence-corrected chi connectivity index (χ3v) is 8.46. The van der Waals surface area contributed by atoms with Gasteiger partial charge >= 0.3 is 12.4 Å². The molecule has 3 heterocycles. The average molecular weight is 576 g/mol. The van der Waals surface area contributed by atoms with Gasteiger partial charge in [0.25, 0.3) is 0 Å². The zero-order valence-electron chi connectivity index (χ0n) is 22.2. The third-order valence-electron chi connectivity index (χ3n) is 8.46. The van der Waals surface area contributed by atoms with Crippen molar-refractivity contribution in [1.82, 2.24) is 4.90 Å². The highest BCUT2D eigenvalue weighted by molar-refractivity contribution is 5.35. The first kappa shape index (κ1) is 29.3. The van der Waals surface area contributed by atoms with Gasteiger partial charge in [-0.05, 0) is 85.5 Å². The first-order valence-corrected chi connectivity index (χ1v) is 13.5. The molecule has 0 aromatic heterocycles. The van der Waals surface area contributed by atoms with E-state index in [1.165, 1.54) is 19.1 Å². The average Bonchev–Trinajstić information content (AvgIpc) is 3.33. The lowest BCUT2D eigenvalue weighted by Crippen LogP contribution is -2.42. The Morgan fingerprint density at radius 1 is 0.925 bits per heavy atom. The molecule has 3 fully saturated rings. The van der Waals surface area contributed by atoms with E-state index < -0.39 is 41.7 Å². The van der Waals surface area contributed by atoms with Crippen LogP contribution in [0.2, 0.25) is 0 Å². The number of aryl methyl sites for hydroxylation is 1. The maximum atomic E-state index is 14.0. The SMILES string of the molecule is Cc1cc(F)ccc1[C@@H]1[C@@H](O[C@H](C)c2cc(C(F)(F)F)cc(C(F)(F)F)c2)OC[C@@H]2CN(C3CCOCC3)C[C@H]21. The maximum Gasteiger partial charge on any atom is 0.416 e. The van der Waals surface area contributed by atoms with Crippen molar-refractivity contribution in [2.75, 3.05) is 32.9 Å². The Balaban J connectivity index is 1.45. The topological polar surface area (TPSA) is 30.9 Å². The van der Waals surface area contributed by atoms with Crippen LogP contribution in [0.1, 0.15) is 59.6 Å². The third kappa shape index (κ3) is 6.17. The molecular formula is C29H32F7NO3. The van der Waals surface area contributed by atoms with E-state index in [0.29, 0.717) is 43.6 Å². The molecule has 11 heteroatoms. The number of rotatable bonds is 5. The standard InChI is InChI=1S/C29H32F7NO3/c1-16-9-22(30)3-4-24(16)26-25-14-37(23-5-7-38-8-6-23)13-19(25)15-39-27(26)40-17(2)18-10-20(28(31,32)33)12-21(11-18)29(34,35)36/h3-4,9-12,17,19,23,25-27H,5-8,13-15H2,1-2H3/t17-,19+,25-,26+,27-/m1/s1. The number of ether oxygens (including phenoxy) is 3. The highest BCUT2D eigenvalue weighted by atomic mass is 19.4. The molecule has 5 atom stereocenters. The molecule has 2 aromatic carbocycles. The number of hydrogen-bond donors (Lipinski definition) is 0. The molecule has 4 nitrogen and oxygen atoms in total. The molecule has 5 rings (SSSR count). The molecule has 3 aliphatic heterocycles. The molecule has 40 heavy (non-hydrogen) atoms. The van der Waals surface area contributed by atoms with Crippen LogP contribution in [-0.2, 0) is 26.6 Å². The highest BCUT2D eigenvalue weighted by Crippen LogP contribution is 2.47. The van der Waals surface area contributed by atoms with Gasteiger partial charge < -0.3 is 14.2 Å². The summed E-state index contributed by atoms with van der Waals surface area (Å²) in [6.45, 7) is 6.45. The van der Waals surface area contributed by atoms with Crippen molar-refractivity contribution >= 4 is 0 Å². The largest absolute Gasteiger partial charge is 0.416 e. The quantitative estimate of drug-likeness (QED) is 0.356. The Labute approximate surface area is 228 Å². The molecule has 0 saturated carbocycles. The number of hydrogen-bond acceptors (Lipinski definition) is 4. The van der Waals surface area contributed by atoms with Crippen molar-refractivity contribution in [3.63, 3.8) is 0 Å². The second-order valence-corrected chi connectivity index (χ2v) is 11.1. The lowest BCUT2D eigenvalue weighted by molar-refractivity contribution is -0.217. The minimum Gasteiger partial charge on any atom is -0.381 e. The smallest absolute Gasteiger partial charge is 0.381 e. The van der Waals surface area contributed by atoms with E-state index in [0.717, 1.165) is 31.5 Å². The molecule has 0 spiro atoms. The molecule has 220 valence electrons. The Bertz CT molecular complexity index is 1160. The Hall–Kier alpha value is -2.21. The van der Waals surface area contributed by atoms with E-state index in [4.69, 9.17) is 14.2 Å². The van der Waals surface area contributed by atoms with Gasteiger partial charge in [-0.2, -0.15) is 26.3 Å². The Morgan fingerprint density at radius 2 is 1.57 bits per heavy atom. The summed E-state index contributed by atoms with van der Waals surface area (Å²) in [5.74, 6) is -0.596. The second-order valence-electron chi connectivity index (χ2n) is 11.1. The van der Waals surface area contributed by atoms with Crippen molar-refractivity contribution in [3.05, 3.63) is 70.0 Å². The summed E-state index contributed by atoms with van der Waals surface area (Å²) in [6.07, 6.45) is -10.2. The molecule has 0 N–H and O–H groups in total. The number of fused-ring (bicyclic) bond motifs is 1. The normalized spacial score (nSPS) is 27.5. The van der Waals surface area contributed by atoms with E-state index in [1.807, 2.05) is 0 Å². The summed E-state index contributed by atoms with van der Waals surface area (Å²) in [5, 5.41) is 0. The van der Waals surface area contributed by atoms with Crippen molar-refractivity contribution < 1.29 is 44.9 Å². The first-order valence-electron chi connectivity index (χ1n) is 13.5. The number of halogens is 7. The van der Waals surface area contributed by atoms with Gasteiger partial charge in [-0.1, -0.05) is 6.07 Å². The Morgan fingerprint density at radius 3 is 2.17 bits per heavy atom. The predicted molar refractivity (Wildman–Crippen MR) is 132 cm³/mol. The van der Waals surface area contributed by atoms with Gasteiger partial charge in [0.1, 0.15) is 5.82 Å². The van der Waals surface area contributed by atoms with Gasteiger partial charge in [0.15, 0.2) is 6.29 Å². The minimum atomic E-state index is -4.96. The van der Waals surface area contributed by atoms with Gasteiger partial charge in [-0.3, -0.25) is 4.90 Å². The van der Waals surface area contributed by atoms with Gasteiger partial charge in [-0.15, -0.1) is 0 Å². The summed E-state index contributed by atoms with van der Waals surface area (Å²) in [7, 11) is 0. The molecule has 2 aromatic rings. The molecule has 0 amide bonds. The van der Waals surface area contributed by atoms with E-state index in [-0.39, 0.29) is 29.4 Å². The molecule has 0 aliphatic carbocycles. The number of likely N-dealkylation sites (tertiary alicyclic amines) is 1. The maximum absolute atomic E-state index is 14.0. The Kier molecular flexibility index (Phi) is 8.22. The van der Waals surface area contributed by atoms with E-state index in [9.17, 15) is 30.7 Å². The van der Waals surface area contributed by atoms with Crippen LogP contribution in [0.15, 0.2) is 36.4 Å². The highest BCUT2D eigenvalue weighted by Gasteiger charge is 2.49. The molecule has 3 aliphatic rings. The number of alkyl halides is 6. The number of nitrogens with zero attached hydrogens (tertiary/aromatic N) is 1. The molecule has 0 unspecified atom stereocenters.